The molecule has 0 saturated heterocycles. The molecule has 0 aliphatic rings. The van der Waals surface area contributed by atoms with Gasteiger partial charge in [-0.15, -0.1) is 0 Å². The fraction of sp³-hybridized carbons (Fsp3) is 0.608. The highest BCUT2D eigenvalue weighted by atomic mass is 16.5. The molecule has 0 aromatic heterocycles. The minimum atomic E-state index is -0.828. The third-order valence-corrected chi connectivity index (χ3v) is 9.48. The second-order valence-corrected chi connectivity index (χ2v) is 14.8. The van der Waals surface area contributed by atoms with Gasteiger partial charge in [-0.25, -0.2) is 0 Å². The molecule has 0 spiro atoms. The first kappa shape index (κ1) is 53.5. The maximum Gasteiger partial charge on any atom is 0.306 e. The predicted octanol–water partition coefficient (Wildman–Crippen LogP) is 13.2. The molecule has 3 N–H and O–H groups in total. The van der Waals surface area contributed by atoms with Gasteiger partial charge in [0.25, 0.3) is 0 Å². The van der Waals surface area contributed by atoms with E-state index in [-0.39, 0.29) is 24.9 Å². The number of amides is 1. The average Bonchev–Trinajstić information content (AvgIpc) is 3.20. The standard InChI is InChI=1S/C51H83NO5/c1-4-7-10-13-16-19-22-23-24-25-26-29-32-35-38-41-44-51(56)57-47(42-39-36-33-30-27-20-17-14-11-8-5-2)45-50(55)52-48(46-53)49(54)43-40-37-34-31-28-21-18-15-12-9-6-3/h7-8,10-11,14,16-17,19-20,23-24,26-27,29-30,33,36,39,47-49,53-54H,4-6,9,12-13,15,18,21-22,25,28,31-32,34-35,37-38,40-46H2,1-3H3,(H,52,55)/b10-7+,11-8+,17-14+,19-16+,24-23+,27-20-,29-26+,33-30-,39-36+. The van der Waals surface area contributed by atoms with E-state index >= 15 is 0 Å². The number of allylic oxidation sites excluding steroid dienone is 17. The average molecular weight is 790 g/mol. The Kier molecular flexibility index (Phi) is 41.0. The minimum Gasteiger partial charge on any atom is -0.461 e. The largest absolute Gasteiger partial charge is 0.461 e. The molecule has 322 valence electrons. The van der Waals surface area contributed by atoms with E-state index in [9.17, 15) is 19.8 Å². The summed E-state index contributed by atoms with van der Waals surface area (Å²) >= 11 is 0. The number of carbonyl (C=O) groups is 2. The highest BCUT2D eigenvalue weighted by Gasteiger charge is 2.23. The summed E-state index contributed by atoms with van der Waals surface area (Å²) in [5, 5.41) is 23.5. The van der Waals surface area contributed by atoms with E-state index in [2.05, 4.69) is 80.8 Å². The molecule has 57 heavy (non-hydrogen) atoms. The topological polar surface area (TPSA) is 95.9 Å². The van der Waals surface area contributed by atoms with Gasteiger partial charge in [0.05, 0.1) is 25.2 Å². The number of nitrogens with one attached hydrogen (secondary N) is 1. The zero-order chi connectivity index (χ0) is 41.7. The van der Waals surface area contributed by atoms with Gasteiger partial charge >= 0.3 is 5.97 Å². The highest BCUT2D eigenvalue weighted by Crippen LogP contribution is 2.15. The third-order valence-electron chi connectivity index (χ3n) is 9.48. The number of hydrogen-bond donors (Lipinski definition) is 3. The Labute approximate surface area is 349 Å². The Bertz CT molecular complexity index is 1200. The zero-order valence-corrected chi connectivity index (χ0v) is 36.4. The van der Waals surface area contributed by atoms with Crippen molar-refractivity contribution in [2.45, 2.75) is 193 Å². The summed E-state index contributed by atoms with van der Waals surface area (Å²) in [4.78, 5) is 25.9. The fourth-order valence-corrected chi connectivity index (χ4v) is 6.09. The van der Waals surface area contributed by atoms with Gasteiger partial charge in [0.1, 0.15) is 6.10 Å². The van der Waals surface area contributed by atoms with E-state index in [4.69, 9.17) is 4.74 Å². The molecule has 3 atom stereocenters. The van der Waals surface area contributed by atoms with Crippen molar-refractivity contribution in [2.24, 2.45) is 0 Å². The first-order chi connectivity index (χ1) is 28.0. The molecule has 0 aliphatic heterocycles. The Morgan fingerprint density at radius 1 is 0.561 bits per heavy atom. The summed E-state index contributed by atoms with van der Waals surface area (Å²) < 4.78 is 5.80. The van der Waals surface area contributed by atoms with Crippen LogP contribution in [0.4, 0.5) is 0 Å². The van der Waals surface area contributed by atoms with Crippen LogP contribution in [0, 0.1) is 0 Å². The van der Waals surface area contributed by atoms with Crippen LogP contribution in [0.2, 0.25) is 0 Å². The summed E-state index contributed by atoms with van der Waals surface area (Å²) in [6, 6.07) is -0.751. The maximum absolute atomic E-state index is 13.1. The second kappa shape index (κ2) is 43.6. The molecule has 0 heterocycles. The molecular formula is C51H83NO5. The second-order valence-electron chi connectivity index (χ2n) is 14.8. The summed E-state index contributed by atoms with van der Waals surface area (Å²) in [6.45, 7) is 6.14. The van der Waals surface area contributed by atoms with Crippen molar-refractivity contribution in [3.8, 4) is 0 Å². The molecule has 0 saturated carbocycles. The number of rotatable bonds is 38. The SMILES string of the molecule is CC/C=C/C=C/C=C\C=C/C=C/CC(CC(=O)NC(CO)C(O)CCCCCCCCCCCCC)OC(=O)CCCCC/C=C/C/C=C/C/C=C/C/C=C/CC. The molecule has 0 aromatic carbocycles. The zero-order valence-electron chi connectivity index (χ0n) is 36.4. The van der Waals surface area contributed by atoms with Gasteiger partial charge in [0, 0.05) is 12.8 Å². The monoisotopic (exact) mass is 790 g/mol. The molecule has 3 unspecified atom stereocenters. The molecule has 1 amide bonds. The number of carbonyl (C=O) groups excluding carboxylic acids is 2. The van der Waals surface area contributed by atoms with Crippen LogP contribution in [0.15, 0.2) is 109 Å². The molecule has 0 fully saturated rings. The van der Waals surface area contributed by atoms with E-state index in [0.717, 1.165) is 77.0 Å². The third kappa shape index (κ3) is 39.1. The van der Waals surface area contributed by atoms with Crippen LogP contribution in [-0.4, -0.2) is 46.9 Å². The molecule has 6 heteroatoms. The van der Waals surface area contributed by atoms with Crippen LogP contribution >= 0.6 is 0 Å². The van der Waals surface area contributed by atoms with Crippen LogP contribution in [-0.2, 0) is 14.3 Å². The fourth-order valence-electron chi connectivity index (χ4n) is 6.09. The lowest BCUT2D eigenvalue weighted by Crippen LogP contribution is -2.46. The van der Waals surface area contributed by atoms with E-state index in [1.165, 1.54) is 51.4 Å². The number of esters is 1. The van der Waals surface area contributed by atoms with Crippen LogP contribution in [0.3, 0.4) is 0 Å². The van der Waals surface area contributed by atoms with Gasteiger partial charge in [-0.05, 0) is 57.8 Å². The van der Waals surface area contributed by atoms with Gasteiger partial charge in [-0.2, -0.15) is 0 Å². The van der Waals surface area contributed by atoms with Crippen molar-refractivity contribution in [1.82, 2.24) is 5.32 Å². The summed E-state index contributed by atoms with van der Waals surface area (Å²) in [5.41, 5.74) is 0. The quantitative estimate of drug-likeness (QED) is 0.0251. The molecule has 0 bridgehead atoms. The van der Waals surface area contributed by atoms with Crippen LogP contribution in [0.1, 0.15) is 175 Å². The van der Waals surface area contributed by atoms with Gasteiger partial charge in [0.2, 0.25) is 5.91 Å². The van der Waals surface area contributed by atoms with E-state index < -0.39 is 18.2 Å². The molecular weight excluding hydrogens is 707 g/mol. The van der Waals surface area contributed by atoms with E-state index in [0.29, 0.717) is 19.3 Å². The Hall–Kier alpha value is -3.48. The van der Waals surface area contributed by atoms with Crippen molar-refractivity contribution in [1.29, 1.82) is 0 Å². The van der Waals surface area contributed by atoms with E-state index in [1.807, 2.05) is 54.7 Å². The van der Waals surface area contributed by atoms with Crippen LogP contribution < -0.4 is 5.32 Å². The van der Waals surface area contributed by atoms with Crippen molar-refractivity contribution in [2.75, 3.05) is 6.61 Å². The van der Waals surface area contributed by atoms with Gasteiger partial charge in [-0.1, -0.05) is 207 Å². The lowest BCUT2D eigenvalue weighted by Gasteiger charge is -2.24. The minimum absolute atomic E-state index is 0.0384. The van der Waals surface area contributed by atoms with Crippen LogP contribution in [0.25, 0.3) is 0 Å². The summed E-state index contributed by atoms with van der Waals surface area (Å²) in [7, 11) is 0. The Balaban J connectivity index is 4.79. The number of hydrogen-bond acceptors (Lipinski definition) is 5. The highest BCUT2D eigenvalue weighted by molar-refractivity contribution is 5.77. The maximum atomic E-state index is 13.1. The molecule has 6 nitrogen and oxygen atoms in total. The van der Waals surface area contributed by atoms with Crippen molar-refractivity contribution in [3.63, 3.8) is 0 Å². The smallest absolute Gasteiger partial charge is 0.306 e. The number of aliphatic hydroxyl groups is 2. The van der Waals surface area contributed by atoms with E-state index in [1.54, 1.807) is 0 Å². The Morgan fingerprint density at radius 3 is 1.61 bits per heavy atom. The summed E-state index contributed by atoms with van der Waals surface area (Å²) in [6.07, 6.45) is 58.8. The number of ether oxygens (including phenoxy) is 1. The normalized spacial score (nSPS) is 14.4. The predicted molar refractivity (Wildman–Crippen MR) is 245 cm³/mol. The van der Waals surface area contributed by atoms with Gasteiger partial charge in [-0.3, -0.25) is 9.59 Å². The first-order valence-electron chi connectivity index (χ1n) is 22.7. The number of aliphatic hydroxyl groups excluding tert-OH is 2. The molecule has 0 aromatic rings. The number of unbranched alkanes of at least 4 members (excludes halogenated alkanes) is 13. The van der Waals surface area contributed by atoms with Crippen molar-refractivity contribution < 1.29 is 24.5 Å². The lowest BCUT2D eigenvalue weighted by atomic mass is 10.0. The molecule has 0 rings (SSSR count). The van der Waals surface area contributed by atoms with Crippen LogP contribution in [0.5, 0.6) is 0 Å². The van der Waals surface area contributed by atoms with Crippen molar-refractivity contribution >= 4 is 11.9 Å². The molecule has 0 radical (unpaired) electrons. The van der Waals surface area contributed by atoms with Crippen molar-refractivity contribution in [3.05, 3.63) is 109 Å². The first-order valence-corrected chi connectivity index (χ1v) is 22.7. The summed E-state index contributed by atoms with van der Waals surface area (Å²) in [5.74, 6) is -0.659. The van der Waals surface area contributed by atoms with Gasteiger partial charge in [0.15, 0.2) is 0 Å². The molecule has 0 aliphatic carbocycles. The Morgan fingerprint density at radius 2 is 1.05 bits per heavy atom. The lowest BCUT2D eigenvalue weighted by molar-refractivity contribution is -0.150. The van der Waals surface area contributed by atoms with Gasteiger partial charge < -0.3 is 20.3 Å².